The van der Waals surface area contributed by atoms with Crippen LogP contribution in [-0.2, 0) is 11.3 Å². The van der Waals surface area contributed by atoms with Crippen LogP contribution in [0.5, 0.6) is 0 Å². The first kappa shape index (κ1) is 23.5. The number of carbonyl (C=O) groups excluding carboxylic acids is 2. The van der Waals surface area contributed by atoms with Crippen LogP contribution in [0.25, 0.3) is 0 Å². The number of hydrogen-bond acceptors (Lipinski definition) is 2. The molecule has 0 aliphatic carbocycles. The van der Waals surface area contributed by atoms with E-state index in [2.05, 4.69) is 9.88 Å². The Balaban J connectivity index is 1.57. The average molecular weight is 463 g/mol. The van der Waals surface area contributed by atoms with E-state index in [1.54, 1.807) is 21.9 Å². The van der Waals surface area contributed by atoms with E-state index < -0.39 is 0 Å². The highest BCUT2D eigenvalue weighted by Gasteiger charge is 2.33. The second kappa shape index (κ2) is 10.1. The van der Waals surface area contributed by atoms with Gasteiger partial charge in [0, 0.05) is 37.2 Å². The Hall–Kier alpha value is -3.61. The zero-order chi connectivity index (χ0) is 24.2. The number of hydrogen-bond donors (Lipinski definition) is 1. The smallest absolute Gasteiger partial charge is 0.322 e. The monoisotopic (exact) mass is 462 g/mol. The van der Waals surface area contributed by atoms with Crippen molar-refractivity contribution in [2.24, 2.45) is 0 Å². The summed E-state index contributed by atoms with van der Waals surface area (Å²) in [6.07, 6.45) is 2.73. The van der Waals surface area contributed by atoms with Gasteiger partial charge in [-0.2, -0.15) is 0 Å². The molecule has 2 aromatic carbocycles. The second-order valence-corrected chi connectivity index (χ2v) is 8.79. The highest BCUT2D eigenvalue weighted by molar-refractivity contribution is 5.93. The van der Waals surface area contributed by atoms with Gasteiger partial charge in [0.05, 0.1) is 6.04 Å². The van der Waals surface area contributed by atoms with Crippen LogP contribution in [0.3, 0.4) is 0 Å². The summed E-state index contributed by atoms with van der Waals surface area (Å²) >= 11 is 0. The first-order valence-corrected chi connectivity index (χ1v) is 11.7. The molecule has 34 heavy (non-hydrogen) atoms. The van der Waals surface area contributed by atoms with Crippen molar-refractivity contribution in [1.29, 1.82) is 0 Å². The molecule has 0 fully saturated rings. The maximum Gasteiger partial charge on any atom is 0.322 e. The van der Waals surface area contributed by atoms with Crippen LogP contribution in [0.2, 0.25) is 0 Å². The van der Waals surface area contributed by atoms with E-state index in [-0.39, 0.29) is 30.3 Å². The Bertz CT molecular complexity index is 1150. The third-order valence-electron chi connectivity index (χ3n) is 6.36. The maximum atomic E-state index is 13.6. The Labute approximate surface area is 200 Å². The summed E-state index contributed by atoms with van der Waals surface area (Å²) < 4.78 is 15.7. The lowest BCUT2D eigenvalue weighted by atomic mass is 9.99. The van der Waals surface area contributed by atoms with Gasteiger partial charge < -0.3 is 19.7 Å². The topological polar surface area (TPSA) is 57.6 Å². The fourth-order valence-electron chi connectivity index (χ4n) is 4.62. The molecule has 1 aromatic heterocycles. The van der Waals surface area contributed by atoms with Crippen molar-refractivity contribution in [2.45, 2.75) is 39.8 Å². The quantitative estimate of drug-likeness (QED) is 0.553. The van der Waals surface area contributed by atoms with Crippen molar-refractivity contribution < 1.29 is 14.0 Å². The summed E-state index contributed by atoms with van der Waals surface area (Å²) in [4.78, 5) is 30.1. The predicted molar refractivity (Wildman–Crippen MR) is 131 cm³/mol. The average Bonchev–Trinajstić information content (AvgIpc) is 3.30. The van der Waals surface area contributed by atoms with Crippen molar-refractivity contribution in [3.8, 4) is 0 Å². The molecule has 1 aliphatic rings. The zero-order valence-corrected chi connectivity index (χ0v) is 19.9. The Morgan fingerprint density at radius 3 is 2.41 bits per heavy atom. The number of carbonyl (C=O) groups is 2. The maximum absolute atomic E-state index is 13.6. The molecule has 1 unspecified atom stereocenters. The number of aromatic nitrogens is 1. The highest BCUT2D eigenvalue weighted by atomic mass is 19.1. The number of aryl methyl sites for hydroxylation is 2. The molecule has 6 nitrogen and oxygen atoms in total. The summed E-state index contributed by atoms with van der Waals surface area (Å²) in [6.45, 7) is 7.52. The number of anilines is 1. The molecular formula is C27H31FN4O2. The molecule has 178 valence electrons. The zero-order valence-electron chi connectivity index (χ0n) is 19.9. The largest absolute Gasteiger partial charge is 0.348 e. The number of benzene rings is 2. The molecule has 0 radical (unpaired) electrons. The van der Waals surface area contributed by atoms with Crippen LogP contribution < -0.4 is 5.32 Å². The Morgan fingerprint density at radius 1 is 1.03 bits per heavy atom. The SMILES string of the molecule is CCCN(CC(=O)N1CCn2cccc2C1c1ccc(F)cc1)C(=O)Nc1c(C)cccc1C. The van der Waals surface area contributed by atoms with Gasteiger partial charge in [-0.15, -0.1) is 0 Å². The molecule has 1 aliphatic heterocycles. The molecule has 0 bridgehead atoms. The molecule has 7 heteroatoms. The minimum Gasteiger partial charge on any atom is -0.348 e. The molecule has 0 saturated carbocycles. The van der Waals surface area contributed by atoms with Crippen molar-refractivity contribution in [3.05, 3.63) is 89.0 Å². The summed E-state index contributed by atoms with van der Waals surface area (Å²) in [5.41, 5.74) is 4.55. The van der Waals surface area contributed by atoms with Gasteiger partial charge >= 0.3 is 6.03 Å². The fraction of sp³-hybridized carbons (Fsp3) is 0.333. The van der Waals surface area contributed by atoms with Gasteiger partial charge in [-0.25, -0.2) is 9.18 Å². The van der Waals surface area contributed by atoms with Gasteiger partial charge in [-0.05, 0) is 61.2 Å². The summed E-state index contributed by atoms with van der Waals surface area (Å²) in [5, 5.41) is 3.00. The van der Waals surface area contributed by atoms with Gasteiger partial charge in [0.1, 0.15) is 12.4 Å². The molecule has 1 atom stereocenters. The molecule has 4 rings (SSSR count). The number of nitrogens with zero attached hydrogens (tertiary/aromatic N) is 3. The number of fused-ring (bicyclic) bond motifs is 1. The van der Waals surface area contributed by atoms with Gasteiger partial charge in [-0.3, -0.25) is 4.79 Å². The van der Waals surface area contributed by atoms with Crippen LogP contribution in [0.4, 0.5) is 14.9 Å². The fourth-order valence-corrected chi connectivity index (χ4v) is 4.62. The van der Waals surface area contributed by atoms with Crippen LogP contribution in [0.1, 0.15) is 41.8 Å². The Kier molecular flexibility index (Phi) is 7.01. The number of para-hydroxylation sites is 1. The van der Waals surface area contributed by atoms with E-state index in [4.69, 9.17) is 0 Å². The third kappa shape index (κ3) is 4.83. The van der Waals surface area contributed by atoms with Gasteiger partial charge in [0.25, 0.3) is 0 Å². The minimum absolute atomic E-state index is 0.0248. The summed E-state index contributed by atoms with van der Waals surface area (Å²) in [6, 6.07) is 15.5. The number of halogens is 1. The molecule has 2 heterocycles. The van der Waals surface area contributed by atoms with E-state index in [9.17, 15) is 14.0 Å². The molecule has 1 N–H and O–H groups in total. The van der Waals surface area contributed by atoms with E-state index in [0.717, 1.165) is 34.5 Å². The minimum atomic E-state index is -0.331. The number of urea groups is 1. The number of nitrogens with one attached hydrogen (secondary N) is 1. The van der Waals surface area contributed by atoms with Crippen molar-refractivity contribution in [1.82, 2.24) is 14.4 Å². The van der Waals surface area contributed by atoms with Crippen molar-refractivity contribution >= 4 is 17.6 Å². The molecule has 0 saturated heterocycles. The van der Waals surface area contributed by atoms with Gasteiger partial charge in [-0.1, -0.05) is 37.3 Å². The lowest BCUT2D eigenvalue weighted by Gasteiger charge is -2.38. The van der Waals surface area contributed by atoms with E-state index in [0.29, 0.717) is 19.6 Å². The van der Waals surface area contributed by atoms with Crippen molar-refractivity contribution in [2.75, 3.05) is 25.0 Å². The number of amides is 3. The van der Waals surface area contributed by atoms with Crippen LogP contribution in [-0.4, -0.2) is 45.9 Å². The van der Waals surface area contributed by atoms with Crippen LogP contribution in [0.15, 0.2) is 60.8 Å². The summed E-state index contributed by atoms with van der Waals surface area (Å²) in [7, 11) is 0. The van der Waals surface area contributed by atoms with Crippen LogP contribution >= 0.6 is 0 Å². The first-order chi connectivity index (χ1) is 16.4. The standard InChI is InChI=1S/C27H31FN4O2/c1-4-14-31(27(34)29-25-19(2)7-5-8-20(25)3)18-24(33)32-17-16-30-15-6-9-23(30)26(32)21-10-12-22(28)13-11-21/h5-13,15,26H,4,14,16-18H2,1-3H3,(H,29,34). The normalized spacial score (nSPS) is 15.1. The van der Waals surface area contributed by atoms with Gasteiger partial charge in [0.2, 0.25) is 5.91 Å². The molecule has 3 aromatic rings. The van der Waals surface area contributed by atoms with E-state index in [1.165, 1.54) is 12.1 Å². The predicted octanol–water partition coefficient (Wildman–Crippen LogP) is 5.12. The van der Waals surface area contributed by atoms with E-state index >= 15 is 0 Å². The molecule has 0 spiro atoms. The third-order valence-corrected chi connectivity index (χ3v) is 6.36. The van der Waals surface area contributed by atoms with E-state index in [1.807, 2.05) is 57.3 Å². The van der Waals surface area contributed by atoms with Crippen LogP contribution in [0, 0.1) is 19.7 Å². The number of rotatable bonds is 6. The Morgan fingerprint density at radius 2 is 1.74 bits per heavy atom. The molecular weight excluding hydrogens is 431 g/mol. The second-order valence-electron chi connectivity index (χ2n) is 8.79. The molecule has 3 amide bonds. The van der Waals surface area contributed by atoms with Gasteiger partial charge in [0.15, 0.2) is 0 Å². The lowest BCUT2D eigenvalue weighted by molar-refractivity contribution is -0.134. The lowest BCUT2D eigenvalue weighted by Crippen LogP contribution is -2.49. The van der Waals surface area contributed by atoms with Crippen molar-refractivity contribution in [3.63, 3.8) is 0 Å². The first-order valence-electron chi connectivity index (χ1n) is 11.7. The summed E-state index contributed by atoms with van der Waals surface area (Å²) in [5.74, 6) is -0.447. The highest BCUT2D eigenvalue weighted by Crippen LogP contribution is 2.32.